The number of aryl methyl sites for hydroxylation is 1. The number of fused-ring (bicyclic) bond motifs is 1. The summed E-state index contributed by atoms with van der Waals surface area (Å²) in [7, 11) is 1.64. The molecule has 28 heavy (non-hydrogen) atoms. The molecule has 4 rings (SSSR count). The summed E-state index contributed by atoms with van der Waals surface area (Å²) < 4.78 is 7.30. The lowest BCUT2D eigenvalue weighted by atomic mass is 9.78. The Morgan fingerprint density at radius 2 is 1.89 bits per heavy atom. The van der Waals surface area contributed by atoms with Gasteiger partial charge in [-0.2, -0.15) is 10.4 Å². The number of ether oxygens (including phenoxy) is 1. The smallest absolute Gasteiger partial charge is 0.118 e. The van der Waals surface area contributed by atoms with Gasteiger partial charge in [0.25, 0.3) is 0 Å². The number of nitrogens with zero attached hydrogens (tertiary/aromatic N) is 3. The molecule has 2 N–H and O–H groups in total. The molecular weight excluding hydrogens is 348 g/mol. The minimum absolute atomic E-state index is 0.204. The Hall–Kier alpha value is -3.52. The number of hydrogen-bond acceptors (Lipinski definition) is 4. The van der Waals surface area contributed by atoms with Gasteiger partial charge >= 0.3 is 0 Å². The Bertz CT molecular complexity index is 1070. The number of allylic oxidation sites excluding steroid dienone is 2. The highest BCUT2D eigenvalue weighted by Crippen LogP contribution is 2.41. The van der Waals surface area contributed by atoms with E-state index in [9.17, 15) is 5.26 Å². The second-order valence-electron chi connectivity index (χ2n) is 7.02. The van der Waals surface area contributed by atoms with Crippen molar-refractivity contribution in [2.24, 2.45) is 5.73 Å². The topological polar surface area (TPSA) is 76.9 Å². The average Bonchev–Trinajstić information content (AvgIpc) is 3.02. The predicted molar refractivity (Wildman–Crippen MR) is 108 cm³/mol. The Balaban J connectivity index is 1.83. The van der Waals surface area contributed by atoms with E-state index in [2.05, 4.69) is 18.2 Å². The van der Waals surface area contributed by atoms with Crippen LogP contribution in [0.3, 0.4) is 0 Å². The van der Waals surface area contributed by atoms with Crippen LogP contribution in [-0.4, -0.2) is 16.9 Å². The maximum atomic E-state index is 9.81. The normalized spacial score (nSPS) is 15.8. The minimum Gasteiger partial charge on any atom is -0.497 e. The number of aromatic nitrogens is 2. The first kappa shape index (κ1) is 17.9. The summed E-state index contributed by atoms with van der Waals surface area (Å²) in [5.41, 5.74) is 12.9. The molecule has 0 aliphatic heterocycles. The van der Waals surface area contributed by atoms with Gasteiger partial charge in [0.1, 0.15) is 5.75 Å². The van der Waals surface area contributed by atoms with E-state index in [-0.39, 0.29) is 5.92 Å². The molecule has 0 fully saturated rings. The van der Waals surface area contributed by atoms with Crippen LogP contribution in [0.4, 0.5) is 0 Å². The highest BCUT2D eigenvalue weighted by molar-refractivity contribution is 5.55. The van der Waals surface area contributed by atoms with Crippen molar-refractivity contribution >= 4 is 0 Å². The highest BCUT2D eigenvalue weighted by Gasteiger charge is 2.33. The van der Waals surface area contributed by atoms with Gasteiger partial charge in [0.05, 0.1) is 31.0 Å². The van der Waals surface area contributed by atoms with Gasteiger partial charge < -0.3 is 10.5 Å². The second-order valence-corrected chi connectivity index (χ2v) is 7.02. The Morgan fingerprint density at radius 1 is 1.18 bits per heavy atom. The average molecular weight is 370 g/mol. The molecule has 1 aliphatic carbocycles. The molecule has 0 bridgehead atoms. The summed E-state index contributed by atoms with van der Waals surface area (Å²) in [6, 6.07) is 20.4. The van der Waals surface area contributed by atoms with Crippen molar-refractivity contribution < 1.29 is 4.74 Å². The monoisotopic (exact) mass is 370 g/mol. The van der Waals surface area contributed by atoms with Crippen LogP contribution in [0.5, 0.6) is 5.75 Å². The van der Waals surface area contributed by atoms with Crippen molar-refractivity contribution in [2.75, 3.05) is 7.11 Å². The summed E-state index contributed by atoms with van der Waals surface area (Å²) in [6.07, 6.45) is 0.540. The lowest BCUT2D eigenvalue weighted by molar-refractivity contribution is 0.414. The number of hydrogen-bond donors (Lipinski definition) is 1. The third-order valence-electron chi connectivity index (χ3n) is 5.31. The lowest BCUT2D eigenvalue weighted by Crippen LogP contribution is -2.21. The summed E-state index contributed by atoms with van der Waals surface area (Å²) in [5.74, 6) is 0.580. The first-order chi connectivity index (χ1) is 13.6. The molecule has 2 aromatic carbocycles. The quantitative estimate of drug-likeness (QED) is 0.760. The van der Waals surface area contributed by atoms with Crippen molar-refractivity contribution in [3.63, 3.8) is 0 Å². The van der Waals surface area contributed by atoms with Crippen LogP contribution in [-0.2, 0) is 13.0 Å². The first-order valence-corrected chi connectivity index (χ1v) is 9.25. The van der Waals surface area contributed by atoms with Gasteiger partial charge in [-0.3, -0.25) is 4.68 Å². The van der Waals surface area contributed by atoms with Crippen molar-refractivity contribution in [2.45, 2.75) is 25.8 Å². The maximum Gasteiger partial charge on any atom is 0.118 e. The molecule has 0 amide bonds. The van der Waals surface area contributed by atoms with Gasteiger partial charge in [-0.25, -0.2) is 0 Å². The van der Waals surface area contributed by atoms with Crippen LogP contribution in [0.2, 0.25) is 0 Å². The number of methoxy groups -OCH3 is 1. The standard InChI is InChI=1S/C23H22N4O/c1-15-22-21(27(26-15)14-16-6-4-3-5-7-16)12-20(25)19(13-24)23(22)17-8-10-18(28-2)11-9-17/h3-11,23H,12,14,25H2,1-2H3. The van der Waals surface area contributed by atoms with Gasteiger partial charge in [-0.05, 0) is 30.2 Å². The van der Waals surface area contributed by atoms with Crippen molar-refractivity contribution in [1.82, 2.24) is 9.78 Å². The number of nitriles is 1. The molecule has 3 aromatic rings. The molecule has 1 aliphatic rings. The second kappa shape index (κ2) is 7.24. The zero-order chi connectivity index (χ0) is 19.7. The molecule has 1 aromatic heterocycles. The van der Waals surface area contributed by atoms with Crippen molar-refractivity contribution in [3.8, 4) is 11.8 Å². The van der Waals surface area contributed by atoms with Crippen LogP contribution in [0.15, 0.2) is 65.9 Å². The van der Waals surface area contributed by atoms with E-state index in [1.54, 1.807) is 7.11 Å². The van der Waals surface area contributed by atoms with Crippen LogP contribution < -0.4 is 10.5 Å². The van der Waals surface area contributed by atoms with E-state index in [0.29, 0.717) is 24.2 Å². The van der Waals surface area contributed by atoms with E-state index in [4.69, 9.17) is 15.6 Å². The summed E-state index contributed by atoms with van der Waals surface area (Å²) in [5, 5.41) is 14.6. The predicted octanol–water partition coefficient (Wildman–Crippen LogP) is 3.67. The largest absolute Gasteiger partial charge is 0.497 e. The minimum atomic E-state index is -0.204. The Kier molecular flexibility index (Phi) is 4.62. The SMILES string of the molecule is COc1ccc(C2C(C#N)=C(N)Cc3c2c(C)nn3Cc2ccccc2)cc1. The van der Waals surface area contributed by atoms with E-state index in [0.717, 1.165) is 28.3 Å². The zero-order valence-electron chi connectivity index (χ0n) is 16.0. The van der Waals surface area contributed by atoms with Gasteiger partial charge in [-0.1, -0.05) is 42.5 Å². The van der Waals surface area contributed by atoms with Crippen LogP contribution in [0.25, 0.3) is 0 Å². The summed E-state index contributed by atoms with van der Waals surface area (Å²) in [4.78, 5) is 0. The number of rotatable bonds is 4. The van der Waals surface area contributed by atoms with E-state index in [1.165, 1.54) is 5.56 Å². The Morgan fingerprint density at radius 3 is 2.54 bits per heavy atom. The van der Waals surface area contributed by atoms with Gasteiger partial charge in [-0.15, -0.1) is 0 Å². The third-order valence-corrected chi connectivity index (χ3v) is 5.31. The van der Waals surface area contributed by atoms with Crippen LogP contribution in [0.1, 0.15) is 34.0 Å². The van der Waals surface area contributed by atoms with E-state index in [1.807, 2.05) is 54.1 Å². The fourth-order valence-corrected chi connectivity index (χ4v) is 3.96. The van der Waals surface area contributed by atoms with E-state index >= 15 is 0 Å². The molecule has 0 radical (unpaired) electrons. The summed E-state index contributed by atoms with van der Waals surface area (Å²) in [6.45, 7) is 2.69. The molecule has 1 unspecified atom stereocenters. The lowest BCUT2D eigenvalue weighted by Gasteiger charge is -2.25. The summed E-state index contributed by atoms with van der Waals surface area (Å²) >= 11 is 0. The highest BCUT2D eigenvalue weighted by atomic mass is 16.5. The van der Waals surface area contributed by atoms with Gasteiger partial charge in [0.2, 0.25) is 0 Å². The van der Waals surface area contributed by atoms with Crippen molar-refractivity contribution in [1.29, 1.82) is 5.26 Å². The third kappa shape index (κ3) is 3.03. The molecule has 0 spiro atoms. The fraction of sp³-hybridized carbons (Fsp3) is 0.217. The molecule has 0 saturated heterocycles. The van der Waals surface area contributed by atoms with E-state index < -0.39 is 0 Å². The van der Waals surface area contributed by atoms with Crippen LogP contribution >= 0.6 is 0 Å². The molecule has 1 heterocycles. The first-order valence-electron chi connectivity index (χ1n) is 9.25. The van der Waals surface area contributed by atoms with Crippen molar-refractivity contribution in [3.05, 3.63) is 93.9 Å². The molecule has 140 valence electrons. The molecule has 5 heteroatoms. The van der Waals surface area contributed by atoms with Gasteiger partial charge in [0.15, 0.2) is 0 Å². The zero-order valence-corrected chi connectivity index (χ0v) is 16.0. The maximum absolute atomic E-state index is 9.81. The molecule has 5 nitrogen and oxygen atoms in total. The number of nitrogens with two attached hydrogens (primary N) is 1. The van der Waals surface area contributed by atoms with Gasteiger partial charge in [0, 0.05) is 29.3 Å². The molecule has 0 saturated carbocycles. The molecule has 1 atom stereocenters. The molecular formula is C23H22N4O. The Labute approximate surface area is 164 Å². The fourth-order valence-electron chi connectivity index (χ4n) is 3.96. The number of benzene rings is 2. The van der Waals surface area contributed by atoms with Crippen LogP contribution in [0, 0.1) is 18.3 Å².